The summed E-state index contributed by atoms with van der Waals surface area (Å²) in [5.41, 5.74) is 2.20. The molecule has 4 rings (SSSR count). The van der Waals surface area contributed by atoms with Crippen molar-refractivity contribution in [2.24, 2.45) is 5.18 Å². The highest BCUT2D eigenvalue weighted by molar-refractivity contribution is 5.70. The Labute approximate surface area is 198 Å². The maximum Gasteiger partial charge on any atom is 0.417 e. The number of imidazole rings is 1. The lowest BCUT2D eigenvalue weighted by Crippen LogP contribution is -2.17. The molecule has 4 N–H and O–H groups in total. The number of hydrogen-bond donors (Lipinski definition) is 3. The van der Waals surface area contributed by atoms with E-state index in [4.69, 9.17) is 5.73 Å². The van der Waals surface area contributed by atoms with Crippen LogP contribution in [0.3, 0.4) is 0 Å². The van der Waals surface area contributed by atoms with E-state index in [1.165, 1.54) is 35.0 Å². The Morgan fingerprint density at radius 2 is 1.69 bits per heavy atom. The van der Waals surface area contributed by atoms with Crippen LogP contribution in [0.1, 0.15) is 11.1 Å². The smallest absolute Gasteiger partial charge is 0.382 e. The number of anilines is 3. The Bertz CT molecular complexity index is 1420. The van der Waals surface area contributed by atoms with Crippen molar-refractivity contribution in [2.75, 3.05) is 29.5 Å². The van der Waals surface area contributed by atoms with Crippen LogP contribution in [0.5, 0.6) is 0 Å². The molecule has 0 saturated heterocycles. The van der Waals surface area contributed by atoms with Gasteiger partial charge in [0, 0.05) is 37.1 Å². The number of nitroso groups, excluding NO2 is 1. The van der Waals surface area contributed by atoms with E-state index in [1.54, 1.807) is 0 Å². The van der Waals surface area contributed by atoms with Gasteiger partial charge in [0.2, 0.25) is 5.95 Å². The second-order valence-corrected chi connectivity index (χ2v) is 7.42. The fraction of sp³-hybridized carbons (Fsp3) is 0.190. The summed E-state index contributed by atoms with van der Waals surface area (Å²) in [7, 11) is 0. The van der Waals surface area contributed by atoms with Crippen LogP contribution in [-0.2, 0) is 12.4 Å². The van der Waals surface area contributed by atoms with Crippen LogP contribution in [-0.4, -0.2) is 32.4 Å². The number of benzene rings is 1. The summed E-state index contributed by atoms with van der Waals surface area (Å²) in [6.07, 6.45) is -7.08. The van der Waals surface area contributed by atoms with E-state index in [0.717, 1.165) is 6.07 Å². The first kappa shape index (κ1) is 24.7. The summed E-state index contributed by atoms with van der Waals surface area (Å²) in [5.74, 6) is 0.410. The molecule has 4 aromatic rings. The quantitative estimate of drug-likeness (QED) is 0.174. The second kappa shape index (κ2) is 9.31. The molecule has 0 aliphatic heterocycles. The molecule has 9 nitrogen and oxygen atoms in total. The molecule has 0 saturated carbocycles. The van der Waals surface area contributed by atoms with Crippen LogP contribution in [0.4, 0.5) is 49.6 Å². The summed E-state index contributed by atoms with van der Waals surface area (Å²) in [5, 5.41) is 8.61. The summed E-state index contributed by atoms with van der Waals surface area (Å²) in [6.45, 7) is 0.467. The van der Waals surface area contributed by atoms with E-state index >= 15 is 0 Å². The van der Waals surface area contributed by atoms with Crippen LogP contribution in [0.15, 0.2) is 54.0 Å². The summed E-state index contributed by atoms with van der Waals surface area (Å²) in [4.78, 5) is 22.8. The van der Waals surface area contributed by atoms with E-state index in [9.17, 15) is 31.2 Å². The lowest BCUT2D eigenvalue weighted by atomic mass is 10.0. The van der Waals surface area contributed by atoms with Crippen molar-refractivity contribution in [3.63, 3.8) is 0 Å². The lowest BCUT2D eigenvalue weighted by Gasteiger charge is -2.17. The third-order valence-corrected chi connectivity index (χ3v) is 5.03. The molecule has 3 aromatic heterocycles. The average molecular weight is 510 g/mol. The predicted molar refractivity (Wildman–Crippen MR) is 120 cm³/mol. The SMILES string of the molecule is Nc1nc(NCCNc2nc(-c3ccc(C(F)(F)F)cc3C(F)(F)F)cc3nccn23)ccc1N=O. The molecule has 0 radical (unpaired) electrons. The molecule has 0 aliphatic carbocycles. The van der Waals surface area contributed by atoms with Gasteiger partial charge >= 0.3 is 12.4 Å². The number of nitrogens with zero attached hydrogens (tertiary/aromatic N) is 5. The van der Waals surface area contributed by atoms with Crippen molar-refractivity contribution in [1.29, 1.82) is 0 Å². The molecule has 0 bridgehead atoms. The van der Waals surface area contributed by atoms with Crippen molar-refractivity contribution < 1.29 is 26.3 Å². The Hall–Kier alpha value is -4.43. The molecule has 36 heavy (non-hydrogen) atoms. The topological polar surface area (TPSA) is 123 Å². The van der Waals surface area contributed by atoms with Crippen molar-refractivity contribution in [3.05, 3.63) is 64.8 Å². The van der Waals surface area contributed by atoms with Gasteiger partial charge in [-0.2, -0.15) is 26.3 Å². The maximum atomic E-state index is 13.7. The van der Waals surface area contributed by atoms with Gasteiger partial charge < -0.3 is 16.4 Å². The number of pyridine rings is 1. The van der Waals surface area contributed by atoms with Crippen molar-refractivity contribution >= 4 is 28.9 Å². The second-order valence-electron chi connectivity index (χ2n) is 7.42. The van der Waals surface area contributed by atoms with Crippen molar-refractivity contribution in [2.45, 2.75) is 12.4 Å². The van der Waals surface area contributed by atoms with Gasteiger partial charge in [0.15, 0.2) is 5.82 Å². The number of nitrogen functional groups attached to an aromatic ring is 1. The molecule has 15 heteroatoms. The fourth-order valence-corrected chi connectivity index (χ4v) is 3.37. The van der Waals surface area contributed by atoms with Gasteiger partial charge in [-0.05, 0) is 29.4 Å². The van der Waals surface area contributed by atoms with Crippen molar-refractivity contribution in [3.8, 4) is 11.3 Å². The number of alkyl halides is 6. The molecule has 0 aliphatic rings. The molecule has 188 valence electrons. The van der Waals surface area contributed by atoms with Crippen LogP contribution >= 0.6 is 0 Å². The molecule has 3 heterocycles. The lowest BCUT2D eigenvalue weighted by molar-refractivity contribution is -0.142. The van der Waals surface area contributed by atoms with Gasteiger partial charge in [0.1, 0.15) is 17.2 Å². The minimum atomic E-state index is -5.05. The number of nitrogens with one attached hydrogen (secondary N) is 2. The Balaban J connectivity index is 1.61. The number of nitrogens with two attached hydrogens (primary N) is 1. The largest absolute Gasteiger partial charge is 0.417 e. The molecule has 0 atom stereocenters. The predicted octanol–water partition coefficient (Wildman–Crippen LogP) is 5.33. The van der Waals surface area contributed by atoms with E-state index < -0.39 is 29.0 Å². The highest BCUT2D eigenvalue weighted by atomic mass is 19.4. The standard InChI is InChI=1S/C21H16F6N8O/c22-20(23,24)11-1-2-12(13(9-11)21(25,26)27)15-10-17-30-7-8-35(17)19(32-15)31-6-5-29-16-4-3-14(34-36)18(28)33-16/h1-4,7-10H,5-6H2,(H,31,32)(H3,28,29,33). The zero-order chi connectivity index (χ0) is 26.1. The number of rotatable bonds is 7. The highest BCUT2D eigenvalue weighted by Gasteiger charge is 2.38. The monoisotopic (exact) mass is 510 g/mol. The molecule has 0 fully saturated rings. The van der Waals surface area contributed by atoms with Crippen LogP contribution in [0.25, 0.3) is 16.9 Å². The normalized spacial score (nSPS) is 12.1. The van der Waals surface area contributed by atoms with E-state index in [0.29, 0.717) is 11.9 Å². The molecule has 0 spiro atoms. The minimum absolute atomic E-state index is 0.0105. The molecular weight excluding hydrogens is 494 g/mol. The van der Waals surface area contributed by atoms with Gasteiger partial charge in [0.25, 0.3) is 0 Å². The first-order chi connectivity index (χ1) is 17.0. The van der Waals surface area contributed by atoms with Gasteiger partial charge in [-0.25, -0.2) is 15.0 Å². The third kappa shape index (κ3) is 5.13. The summed E-state index contributed by atoms with van der Waals surface area (Å²) >= 11 is 0. The van der Waals surface area contributed by atoms with Gasteiger partial charge in [-0.15, -0.1) is 4.91 Å². The van der Waals surface area contributed by atoms with Gasteiger partial charge in [0.05, 0.1) is 16.8 Å². The van der Waals surface area contributed by atoms with Crippen LogP contribution < -0.4 is 16.4 Å². The Morgan fingerprint density at radius 1 is 0.944 bits per heavy atom. The van der Waals surface area contributed by atoms with Crippen LogP contribution in [0.2, 0.25) is 0 Å². The molecule has 0 unspecified atom stereocenters. The Morgan fingerprint density at radius 3 is 2.36 bits per heavy atom. The van der Waals surface area contributed by atoms with Crippen LogP contribution in [0, 0.1) is 4.91 Å². The maximum absolute atomic E-state index is 13.7. The highest BCUT2D eigenvalue weighted by Crippen LogP contribution is 2.40. The summed E-state index contributed by atoms with van der Waals surface area (Å²) in [6, 6.07) is 5.50. The zero-order valence-electron chi connectivity index (χ0n) is 18.0. The van der Waals surface area contributed by atoms with Gasteiger partial charge in [-0.3, -0.25) is 4.40 Å². The summed E-state index contributed by atoms with van der Waals surface area (Å²) < 4.78 is 81.6. The number of hydrogen-bond acceptors (Lipinski definition) is 8. The molecule has 0 amide bonds. The fourth-order valence-electron chi connectivity index (χ4n) is 3.37. The van der Waals surface area contributed by atoms with E-state index in [1.807, 2.05) is 0 Å². The van der Waals surface area contributed by atoms with E-state index in [-0.39, 0.29) is 48.0 Å². The molecule has 1 aromatic carbocycles. The first-order valence-electron chi connectivity index (χ1n) is 10.2. The zero-order valence-corrected chi connectivity index (χ0v) is 18.0. The third-order valence-electron chi connectivity index (χ3n) is 5.03. The average Bonchev–Trinajstić information content (AvgIpc) is 3.29. The Kier molecular flexibility index (Phi) is 6.39. The van der Waals surface area contributed by atoms with Crippen molar-refractivity contribution in [1.82, 2.24) is 19.4 Å². The number of fused-ring (bicyclic) bond motifs is 1. The van der Waals surface area contributed by atoms with E-state index in [2.05, 4.69) is 30.8 Å². The first-order valence-corrected chi connectivity index (χ1v) is 10.2. The minimum Gasteiger partial charge on any atom is -0.382 e. The molecular formula is C21H16F6N8O. The van der Waals surface area contributed by atoms with Gasteiger partial charge in [-0.1, -0.05) is 6.07 Å². The number of halogens is 6. The number of aromatic nitrogens is 4.